The van der Waals surface area contributed by atoms with Gasteiger partial charge in [0.2, 0.25) is 0 Å². The van der Waals surface area contributed by atoms with Crippen molar-refractivity contribution in [1.82, 2.24) is 0 Å². The summed E-state index contributed by atoms with van der Waals surface area (Å²) in [6.45, 7) is 2.44. The zero-order chi connectivity index (χ0) is 17.5. The van der Waals surface area contributed by atoms with Gasteiger partial charge in [0, 0.05) is 5.69 Å². The minimum atomic E-state index is -0.536. The van der Waals surface area contributed by atoms with Crippen LogP contribution in [0, 0.1) is 11.3 Å². The monoisotopic (exact) mass is 342 g/mol. The Labute approximate surface area is 144 Å². The van der Waals surface area contributed by atoms with Crippen molar-refractivity contribution in [1.29, 1.82) is 5.26 Å². The summed E-state index contributed by atoms with van der Waals surface area (Å²) in [4.78, 5) is 12.2. The quantitative estimate of drug-likeness (QED) is 0.635. The van der Waals surface area contributed by atoms with Gasteiger partial charge >= 0.3 is 0 Å². The van der Waals surface area contributed by atoms with Gasteiger partial charge in [0.25, 0.3) is 5.91 Å². The van der Waals surface area contributed by atoms with E-state index in [1.165, 1.54) is 18.2 Å². The van der Waals surface area contributed by atoms with Gasteiger partial charge in [-0.1, -0.05) is 17.7 Å². The first-order chi connectivity index (χ1) is 11.5. The maximum atomic E-state index is 12.2. The molecule has 0 aliphatic carbocycles. The minimum Gasteiger partial charge on any atom is -0.506 e. The van der Waals surface area contributed by atoms with E-state index in [4.69, 9.17) is 16.3 Å². The molecule has 0 fully saturated rings. The number of nitrogens with one attached hydrogen (secondary N) is 1. The molecule has 0 atom stereocenters. The maximum absolute atomic E-state index is 12.2. The molecule has 0 saturated carbocycles. The van der Waals surface area contributed by atoms with Gasteiger partial charge in [-0.3, -0.25) is 4.79 Å². The highest BCUT2D eigenvalue weighted by Crippen LogP contribution is 2.25. The molecule has 0 unspecified atom stereocenters. The van der Waals surface area contributed by atoms with E-state index in [2.05, 4.69) is 5.32 Å². The molecule has 0 aliphatic rings. The second-order valence-electron chi connectivity index (χ2n) is 4.79. The number of aromatic hydroxyl groups is 1. The standard InChI is InChI=1S/C18H15ClN2O3/c1-2-24-15-6-4-14(5-7-15)21-18(23)13(11-20)9-12-3-8-17(22)16(19)10-12/h3-10,22H,2H2,1H3,(H,21,23). The fourth-order valence-corrected chi connectivity index (χ4v) is 2.12. The highest BCUT2D eigenvalue weighted by atomic mass is 35.5. The number of halogens is 1. The smallest absolute Gasteiger partial charge is 0.266 e. The third-order valence-corrected chi connectivity index (χ3v) is 3.37. The number of hydrogen-bond donors (Lipinski definition) is 2. The number of nitrogens with zero attached hydrogens (tertiary/aromatic N) is 1. The summed E-state index contributed by atoms with van der Waals surface area (Å²) in [5.41, 5.74) is 1.01. The molecule has 0 saturated heterocycles. The molecule has 0 aliphatic heterocycles. The summed E-state index contributed by atoms with van der Waals surface area (Å²) in [6, 6.07) is 13.1. The molecule has 6 heteroatoms. The molecule has 2 aromatic carbocycles. The Bertz CT molecular complexity index is 808. The molecule has 0 spiro atoms. The predicted octanol–water partition coefficient (Wildman–Crippen LogP) is 3.99. The highest BCUT2D eigenvalue weighted by molar-refractivity contribution is 6.32. The molecular formula is C18H15ClN2O3. The van der Waals surface area contributed by atoms with Crippen LogP contribution in [-0.4, -0.2) is 17.6 Å². The summed E-state index contributed by atoms with van der Waals surface area (Å²) in [6.07, 6.45) is 1.40. The van der Waals surface area contributed by atoms with Gasteiger partial charge in [-0.05, 0) is 55.0 Å². The number of phenols is 1. The number of nitriles is 1. The highest BCUT2D eigenvalue weighted by Gasteiger charge is 2.10. The number of anilines is 1. The molecule has 2 aromatic rings. The molecule has 24 heavy (non-hydrogen) atoms. The van der Waals surface area contributed by atoms with Crippen LogP contribution in [0.3, 0.4) is 0 Å². The number of carbonyl (C=O) groups excluding carboxylic acids is 1. The lowest BCUT2D eigenvalue weighted by Gasteiger charge is -2.07. The lowest BCUT2D eigenvalue weighted by molar-refractivity contribution is -0.112. The molecule has 5 nitrogen and oxygen atoms in total. The van der Waals surface area contributed by atoms with Crippen LogP contribution in [0.5, 0.6) is 11.5 Å². The van der Waals surface area contributed by atoms with E-state index in [9.17, 15) is 15.2 Å². The zero-order valence-electron chi connectivity index (χ0n) is 12.9. The average molecular weight is 343 g/mol. The molecule has 0 heterocycles. The van der Waals surface area contributed by atoms with Crippen molar-refractivity contribution in [3.05, 3.63) is 58.6 Å². The van der Waals surface area contributed by atoms with E-state index >= 15 is 0 Å². The van der Waals surface area contributed by atoms with Gasteiger partial charge in [-0.2, -0.15) is 5.26 Å². The van der Waals surface area contributed by atoms with Crippen molar-refractivity contribution < 1.29 is 14.6 Å². The average Bonchev–Trinajstić information content (AvgIpc) is 2.57. The van der Waals surface area contributed by atoms with Crippen molar-refractivity contribution in [2.24, 2.45) is 0 Å². The zero-order valence-corrected chi connectivity index (χ0v) is 13.7. The Hall–Kier alpha value is -2.97. The Morgan fingerprint density at radius 3 is 2.62 bits per heavy atom. The molecule has 122 valence electrons. The van der Waals surface area contributed by atoms with Crippen LogP contribution >= 0.6 is 11.6 Å². The number of ether oxygens (including phenoxy) is 1. The molecule has 2 N–H and O–H groups in total. The molecule has 0 radical (unpaired) electrons. The van der Waals surface area contributed by atoms with Crippen LogP contribution in [0.25, 0.3) is 6.08 Å². The molecule has 2 rings (SSSR count). The summed E-state index contributed by atoms with van der Waals surface area (Å²) >= 11 is 5.82. The van der Waals surface area contributed by atoms with Crippen LogP contribution < -0.4 is 10.1 Å². The van der Waals surface area contributed by atoms with Crippen LogP contribution in [0.1, 0.15) is 12.5 Å². The van der Waals surface area contributed by atoms with Crippen LogP contribution in [0.2, 0.25) is 5.02 Å². The fourth-order valence-electron chi connectivity index (χ4n) is 1.93. The van der Waals surface area contributed by atoms with E-state index in [1.807, 2.05) is 13.0 Å². The SMILES string of the molecule is CCOc1ccc(NC(=O)C(C#N)=Cc2ccc(O)c(Cl)c2)cc1. The summed E-state index contributed by atoms with van der Waals surface area (Å²) < 4.78 is 5.32. The molecular weight excluding hydrogens is 328 g/mol. The van der Waals surface area contributed by atoms with Crippen molar-refractivity contribution in [2.75, 3.05) is 11.9 Å². The van der Waals surface area contributed by atoms with Gasteiger partial charge in [0.1, 0.15) is 23.1 Å². The number of rotatable bonds is 5. The van der Waals surface area contributed by atoms with Gasteiger partial charge in [-0.25, -0.2) is 0 Å². The number of amides is 1. The van der Waals surface area contributed by atoms with Crippen molar-refractivity contribution in [3.63, 3.8) is 0 Å². The van der Waals surface area contributed by atoms with Crippen molar-refractivity contribution in [2.45, 2.75) is 6.92 Å². The Morgan fingerprint density at radius 2 is 2.04 bits per heavy atom. The van der Waals surface area contributed by atoms with E-state index in [1.54, 1.807) is 30.3 Å². The van der Waals surface area contributed by atoms with Crippen LogP contribution in [-0.2, 0) is 4.79 Å². The summed E-state index contributed by atoms with van der Waals surface area (Å²) in [7, 11) is 0. The van der Waals surface area contributed by atoms with Gasteiger partial charge < -0.3 is 15.2 Å². The number of hydrogen-bond acceptors (Lipinski definition) is 4. The second kappa shape index (κ2) is 8.04. The van der Waals surface area contributed by atoms with Gasteiger partial charge in [0.05, 0.1) is 11.6 Å². The molecule has 0 bridgehead atoms. The largest absolute Gasteiger partial charge is 0.506 e. The first-order valence-corrected chi connectivity index (χ1v) is 7.55. The summed E-state index contributed by atoms with van der Waals surface area (Å²) in [5.74, 6) is 0.0994. The second-order valence-corrected chi connectivity index (χ2v) is 5.20. The molecule has 0 aromatic heterocycles. The van der Waals surface area contributed by atoms with E-state index in [0.29, 0.717) is 23.6 Å². The number of phenolic OH excluding ortho intramolecular Hbond substituents is 1. The fraction of sp³-hybridized carbons (Fsp3) is 0.111. The first-order valence-electron chi connectivity index (χ1n) is 7.18. The third-order valence-electron chi connectivity index (χ3n) is 3.07. The number of benzene rings is 2. The van der Waals surface area contributed by atoms with Crippen LogP contribution in [0.4, 0.5) is 5.69 Å². The summed E-state index contributed by atoms with van der Waals surface area (Å²) in [5, 5.41) is 21.4. The van der Waals surface area contributed by atoms with Crippen molar-refractivity contribution >= 4 is 29.3 Å². The van der Waals surface area contributed by atoms with E-state index < -0.39 is 5.91 Å². The maximum Gasteiger partial charge on any atom is 0.266 e. The predicted molar refractivity (Wildman–Crippen MR) is 92.9 cm³/mol. The topological polar surface area (TPSA) is 82.3 Å². The van der Waals surface area contributed by atoms with E-state index in [-0.39, 0.29) is 16.3 Å². The molecule has 1 amide bonds. The Morgan fingerprint density at radius 1 is 1.33 bits per heavy atom. The first kappa shape index (κ1) is 17.4. The lowest BCUT2D eigenvalue weighted by Crippen LogP contribution is -2.13. The normalized spacial score (nSPS) is 10.8. The minimum absolute atomic E-state index is 0.0637. The Balaban J connectivity index is 2.15. The van der Waals surface area contributed by atoms with E-state index in [0.717, 1.165) is 0 Å². The van der Waals surface area contributed by atoms with Crippen LogP contribution in [0.15, 0.2) is 48.0 Å². The number of carbonyl (C=O) groups is 1. The third kappa shape index (κ3) is 4.51. The van der Waals surface area contributed by atoms with Gasteiger partial charge in [0.15, 0.2) is 0 Å². The van der Waals surface area contributed by atoms with Crippen molar-refractivity contribution in [3.8, 4) is 17.6 Å². The Kier molecular flexibility index (Phi) is 5.83. The van der Waals surface area contributed by atoms with Gasteiger partial charge in [-0.15, -0.1) is 0 Å². The lowest BCUT2D eigenvalue weighted by atomic mass is 10.1.